The number of amides is 1. The van der Waals surface area contributed by atoms with Crippen molar-refractivity contribution < 1.29 is 43.3 Å². The average Bonchev–Trinajstić information content (AvgIpc) is 3.05. The van der Waals surface area contributed by atoms with Crippen LogP contribution in [-0.2, 0) is 28.6 Å². The normalized spacial score (nSPS) is 12.8. The Labute approximate surface area is 283 Å². The third-order valence-corrected chi connectivity index (χ3v) is 6.39. The smallest absolute Gasteiger partial charge is 0.465 e. The Bertz CT molecular complexity index is 1330. The predicted octanol–water partition coefficient (Wildman–Crippen LogP) is 6.99. The van der Waals surface area contributed by atoms with Gasteiger partial charge >= 0.3 is 24.1 Å². The Balaban J connectivity index is 2.51. The molecule has 0 fully saturated rings. The molecule has 11 heteroatoms. The number of nitrogens with zero attached hydrogens (tertiary/aromatic N) is 1. The van der Waals surface area contributed by atoms with Crippen molar-refractivity contribution in [3.63, 3.8) is 0 Å². The van der Waals surface area contributed by atoms with Gasteiger partial charge in [-0.25, -0.2) is 9.59 Å². The summed E-state index contributed by atoms with van der Waals surface area (Å²) in [5, 5.41) is 11.0. The van der Waals surface area contributed by atoms with Gasteiger partial charge in [0.05, 0.1) is 18.4 Å². The van der Waals surface area contributed by atoms with Crippen molar-refractivity contribution in [1.29, 1.82) is 0 Å². The molecule has 1 amide bonds. The molecule has 1 aromatic rings. The molecule has 1 heterocycles. The number of pyridine rings is 1. The largest absolute Gasteiger partial charge is 0.513 e. The Hall–Kier alpha value is -5.06. The lowest BCUT2D eigenvalue weighted by atomic mass is 9.86. The number of hydrogen-bond donors (Lipinski definition) is 2. The molecule has 1 unspecified atom stereocenters. The van der Waals surface area contributed by atoms with Crippen LogP contribution in [0.15, 0.2) is 97.4 Å². The Kier molecular flexibility index (Phi) is 21.4. The number of esters is 3. The Morgan fingerprint density at radius 3 is 1.88 bits per heavy atom. The molecule has 0 saturated carbocycles. The van der Waals surface area contributed by atoms with E-state index in [1.54, 1.807) is 19.9 Å². The quantitative estimate of drug-likeness (QED) is 0.0573. The van der Waals surface area contributed by atoms with Crippen LogP contribution in [0.3, 0.4) is 0 Å². The minimum absolute atomic E-state index is 0.0127. The molecule has 1 atom stereocenters. The van der Waals surface area contributed by atoms with Crippen LogP contribution in [0, 0.1) is 5.41 Å². The summed E-state index contributed by atoms with van der Waals surface area (Å²) in [5.74, 6) is -3.19. The van der Waals surface area contributed by atoms with Crippen molar-refractivity contribution in [2.75, 3.05) is 13.2 Å². The topological polar surface area (TPSA) is 158 Å². The SMILES string of the molecule is CCC=CCC=CCC=CCC=CCC=CCC=CCC(=O)OCC(C)(C)C(OC(=O)c1cccnc1)C(=O)NCCC(=O)OC(=O)O. The number of carboxylic acid groups (broad SMARTS) is 1. The van der Waals surface area contributed by atoms with Gasteiger partial charge in [-0.2, -0.15) is 0 Å². The second kappa shape index (κ2) is 25.1. The summed E-state index contributed by atoms with van der Waals surface area (Å²) >= 11 is 0. The van der Waals surface area contributed by atoms with Crippen LogP contribution in [0.2, 0.25) is 0 Å². The van der Waals surface area contributed by atoms with E-state index in [0.29, 0.717) is 6.42 Å². The molecule has 0 aromatic carbocycles. The fraction of sp³-hybridized carbons (Fsp3) is 0.405. The number of ether oxygens (including phenoxy) is 3. The molecule has 0 spiro atoms. The molecule has 1 rings (SSSR count). The minimum atomic E-state index is -1.76. The molecule has 260 valence electrons. The zero-order chi connectivity index (χ0) is 35.5. The predicted molar refractivity (Wildman–Crippen MR) is 183 cm³/mol. The maximum atomic E-state index is 13.0. The number of allylic oxidation sites excluding steroid dienone is 11. The molecule has 48 heavy (non-hydrogen) atoms. The second-order valence-electron chi connectivity index (χ2n) is 11.1. The van der Waals surface area contributed by atoms with Gasteiger partial charge in [0.15, 0.2) is 6.10 Å². The van der Waals surface area contributed by atoms with E-state index in [0.717, 1.165) is 32.1 Å². The Morgan fingerprint density at radius 1 is 0.833 bits per heavy atom. The number of hydrogen-bond acceptors (Lipinski definition) is 9. The van der Waals surface area contributed by atoms with Gasteiger partial charge in [-0.3, -0.25) is 19.4 Å². The molecule has 1 aromatic heterocycles. The molecule has 0 radical (unpaired) electrons. The number of aromatic nitrogens is 1. The summed E-state index contributed by atoms with van der Waals surface area (Å²) in [6, 6.07) is 2.99. The summed E-state index contributed by atoms with van der Waals surface area (Å²) in [4.78, 5) is 64.0. The number of nitrogens with one attached hydrogen (secondary N) is 1. The van der Waals surface area contributed by atoms with Crippen molar-refractivity contribution in [2.24, 2.45) is 5.41 Å². The highest BCUT2D eigenvalue weighted by Crippen LogP contribution is 2.26. The fourth-order valence-corrected chi connectivity index (χ4v) is 3.86. The van der Waals surface area contributed by atoms with E-state index in [2.05, 4.69) is 70.6 Å². The maximum absolute atomic E-state index is 13.0. The van der Waals surface area contributed by atoms with Crippen molar-refractivity contribution >= 4 is 30.0 Å². The first kappa shape index (κ1) is 41.0. The summed E-state index contributed by atoms with van der Waals surface area (Å²) < 4.78 is 14.9. The van der Waals surface area contributed by atoms with Gasteiger partial charge in [-0.15, -0.1) is 0 Å². The van der Waals surface area contributed by atoms with Crippen LogP contribution in [-0.4, -0.2) is 59.3 Å². The highest BCUT2D eigenvalue weighted by molar-refractivity contribution is 5.92. The van der Waals surface area contributed by atoms with E-state index in [-0.39, 0.29) is 25.1 Å². The lowest BCUT2D eigenvalue weighted by Gasteiger charge is -2.32. The fourth-order valence-electron chi connectivity index (χ4n) is 3.86. The van der Waals surface area contributed by atoms with Crippen LogP contribution in [0.25, 0.3) is 0 Å². The molecule has 11 nitrogen and oxygen atoms in total. The zero-order valence-corrected chi connectivity index (χ0v) is 28.0. The van der Waals surface area contributed by atoms with Crippen molar-refractivity contribution in [3.8, 4) is 0 Å². The highest BCUT2D eigenvalue weighted by atomic mass is 16.7. The van der Waals surface area contributed by atoms with Crippen LogP contribution in [0.4, 0.5) is 4.79 Å². The standard InChI is InChI=1S/C37H48N2O9/c1-4-5-6-7-8-9-10-11-12-13-14-15-16-17-18-19-20-21-24-31(40)46-29-37(2,3)33(48-35(43)30-23-22-26-38-28-30)34(42)39-27-25-32(41)47-36(44)45/h5-6,8-9,11-12,14-15,17-18,20-23,26,28,33H,4,7,10,13,16,19,24-25,27,29H2,1-3H3,(H,39,42)(H,44,45). The van der Waals surface area contributed by atoms with Gasteiger partial charge in [0.25, 0.3) is 5.91 Å². The number of carbonyl (C=O) groups is 5. The highest BCUT2D eigenvalue weighted by Gasteiger charge is 2.40. The summed E-state index contributed by atoms with van der Waals surface area (Å²) in [7, 11) is 0. The lowest BCUT2D eigenvalue weighted by molar-refractivity contribution is -0.153. The summed E-state index contributed by atoms with van der Waals surface area (Å²) in [6.07, 6.45) is 29.3. The monoisotopic (exact) mass is 664 g/mol. The van der Waals surface area contributed by atoms with E-state index >= 15 is 0 Å². The molecule has 0 bridgehead atoms. The third kappa shape index (κ3) is 20.1. The summed E-state index contributed by atoms with van der Waals surface area (Å²) in [5.41, 5.74) is -1.08. The zero-order valence-electron chi connectivity index (χ0n) is 28.0. The summed E-state index contributed by atoms with van der Waals surface area (Å²) in [6.45, 7) is 4.76. The van der Waals surface area contributed by atoms with Gasteiger partial charge in [0, 0.05) is 24.4 Å². The van der Waals surface area contributed by atoms with Crippen LogP contribution in [0.5, 0.6) is 0 Å². The lowest BCUT2D eigenvalue weighted by Crippen LogP contribution is -2.49. The van der Waals surface area contributed by atoms with Gasteiger partial charge in [0.1, 0.15) is 6.61 Å². The number of carbonyl (C=O) groups excluding carboxylic acids is 4. The van der Waals surface area contributed by atoms with Gasteiger partial charge in [0.2, 0.25) is 0 Å². The van der Waals surface area contributed by atoms with Gasteiger partial charge < -0.3 is 24.6 Å². The van der Waals surface area contributed by atoms with Crippen molar-refractivity contribution in [2.45, 2.75) is 78.2 Å². The molecular formula is C37H48N2O9. The van der Waals surface area contributed by atoms with Gasteiger partial charge in [-0.1, -0.05) is 93.7 Å². The third-order valence-electron chi connectivity index (χ3n) is 6.39. The second-order valence-corrected chi connectivity index (χ2v) is 11.1. The first-order chi connectivity index (χ1) is 23.1. The van der Waals surface area contributed by atoms with Crippen molar-refractivity contribution in [3.05, 3.63) is 103 Å². The Morgan fingerprint density at radius 2 is 1.38 bits per heavy atom. The first-order valence-corrected chi connectivity index (χ1v) is 15.9. The van der Waals surface area contributed by atoms with Crippen LogP contribution >= 0.6 is 0 Å². The molecule has 0 aliphatic heterocycles. The molecule has 0 aliphatic carbocycles. The molecular weight excluding hydrogens is 616 g/mol. The minimum Gasteiger partial charge on any atom is -0.465 e. The molecule has 0 saturated heterocycles. The maximum Gasteiger partial charge on any atom is 0.513 e. The van der Waals surface area contributed by atoms with E-state index in [1.807, 2.05) is 18.2 Å². The van der Waals surface area contributed by atoms with Gasteiger partial charge in [-0.05, 0) is 50.7 Å². The number of rotatable bonds is 22. The van der Waals surface area contributed by atoms with Crippen LogP contribution < -0.4 is 5.32 Å². The first-order valence-electron chi connectivity index (χ1n) is 15.9. The van der Waals surface area contributed by atoms with E-state index in [9.17, 15) is 24.0 Å². The molecule has 2 N–H and O–H groups in total. The van der Waals surface area contributed by atoms with Crippen molar-refractivity contribution in [1.82, 2.24) is 10.3 Å². The van der Waals surface area contributed by atoms with E-state index in [1.165, 1.54) is 24.5 Å². The van der Waals surface area contributed by atoms with Crippen LogP contribution in [0.1, 0.15) is 82.5 Å². The molecule has 0 aliphatic rings. The van der Waals surface area contributed by atoms with E-state index in [4.69, 9.17) is 14.6 Å². The average molecular weight is 665 g/mol. The van der Waals surface area contributed by atoms with E-state index < -0.39 is 47.9 Å².